The predicted octanol–water partition coefficient (Wildman–Crippen LogP) is 1.59. The zero-order chi connectivity index (χ0) is 14.3. The van der Waals surface area contributed by atoms with Crippen LogP contribution in [0, 0.1) is 5.92 Å². The molecule has 1 aromatic rings. The van der Waals surface area contributed by atoms with Gasteiger partial charge in [0.25, 0.3) is 5.91 Å². The Morgan fingerprint density at radius 2 is 2.15 bits per heavy atom. The highest BCUT2D eigenvalue weighted by Crippen LogP contribution is 2.46. The van der Waals surface area contributed by atoms with Gasteiger partial charge in [-0.2, -0.15) is 0 Å². The third kappa shape index (κ3) is 1.73. The molecule has 20 heavy (non-hydrogen) atoms. The van der Waals surface area contributed by atoms with Crippen molar-refractivity contribution in [3.8, 4) is 5.75 Å². The molecule has 3 rings (SSSR count). The number of carbonyl (C=O) groups is 2. The van der Waals surface area contributed by atoms with E-state index in [0.29, 0.717) is 29.8 Å². The number of nitrogens with one attached hydrogen (secondary N) is 1. The molecule has 2 N–H and O–H groups in total. The molecule has 5 nitrogen and oxygen atoms in total. The number of amides is 1. The van der Waals surface area contributed by atoms with Gasteiger partial charge < -0.3 is 15.2 Å². The Kier molecular flexibility index (Phi) is 3.01. The number of carbonyl (C=O) groups excluding carboxylic acids is 2. The molecule has 1 aromatic carbocycles. The molecule has 0 spiro atoms. The van der Waals surface area contributed by atoms with Crippen LogP contribution in [-0.2, 0) is 15.2 Å². The van der Waals surface area contributed by atoms with Crippen molar-refractivity contribution in [1.82, 2.24) is 0 Å². The monoisotopic (exact) mass is 275 g/mol. The number of hydrogen-bond donors (Lipinski definition) is 2. The molecule has 0 saturated heterocycles. The minimum atomic E-state index is -1.76. The number of aliphatic hydroxyl groups is 1. The lowest BCUT2D eigenvalue weighted by Gasteiger charge is -2.32. The molecule has 1 fully saturated rings. The summed E-state index contributed by atoms with van der Waals surface area (Å²) in [6, 6.07) is 5.04. The lowest BCUT2D eigenvalue weighted by atomic mass is 9.73. The number of fused-ring (bicyclic) bond motifs is 1. The normalized spacial score (nSPS) is 29.0. The third-order valence-corrected chi connectivity index (χ3v) is 4.29. The number of ketones is 1. The summed E-state index contributed by atoms with van der Waals surface area (Å²) >= 11 is 0. The Morgan fingerprint density at radius 3 is 2.85 bits per heavy atom. The first-order valence-electron chi connectivity index (χ1n) is 6.82. The summed E-state index contributed by atoms with van der Waals surface area (Å²) in [5.74, 6) is -0.655. The molecule has 1 saturated carbocycles. The molecule has 5 heteroatoms. The van der Waals surface area contributed by atoms with Crippen molar-refractivity contribution in [3.63, 3.8) is 0 Å². The van der Waals surface area contributed by atoms with Gasteiger partial charge in [0.05, 0.1) is 13.0 Å². The summed E-state index contributed by atoms with van der Waals surface area (Å²) in [6.07, 6.45) is 2.66. The number of rotatable bonds is 2. The molecular weight excluding hydrogens is 258 g/mol. The molecule has 0 radical (unpaired) electrons. The molecule has 1 heterocycles. The van der Waals surface area contributed by atoms with Crippen LogP contribution in [0.25, 0.3) is 0 Å². The van der Waals surface area contributed by atoms with Gasteiger partial charge in [0.2, 0.25) is 0 Å². The van der Waals surface area contributed by atoms with E-state index in [1.54, 1.807) is 18.2 Å². The van der Waals surface area contributed by atoms with Crippen LogP contribution in [0.3, 0.4) is 0 Å². The molecule has 1 amide bonds. The topological polar surface area (TPSA) is 75.6 Å². The Labute approximate surface area is 116 Å². The zero-order valence-electron chi connectivity index (χ0n) is 11.3. The standard InChI is InChI=1S/C15H17NO4/c1-20-9-6-7-12-11(8-9)15(19,14(18)16-12)10-4-2-3-5-13(10)17/h6-8,10,19H,2-5H2,1H3,(H,16,18)/t10-,15-/m0/s1. The SMILES string of the molecule is COc1ccc2c(c1)[C@@](O)([C@H]1CCCCC1=O)C(=O)N2. The Bertz CT molecular complexity index is 583. The summed E-state index contributed by atoms with van der Waals surface area (Å²) in [5, 5.41) is 13.6. The van der Waals surface area contributed by atoms with Gasteiger partial charge in [-0.05, 0) is 31.0 Å². The minimum Gasteiger partial charge on any atom is -0.497 e. The molecule has 106 valence electrons. The Balaban J connectivity index is 2.09. The smallest absolute Gasteiger partial charge is 0.261 e. The number of hydrogen-bond acceptors (Lipinski definition) is 4. The van der Waals surface area contributed by atoms with Gasteiger partial charge in [-0.1, -0.05) is 6.42 Å². The van der Waals surface area contributed by atoms with E-state index in [0.717, 1.165) is 12.8 Å². The molecule has 2 atom stereocenters. The lowest BCUT2D eigenvalue weighted by molar-refractivity contribution is -0.150. The molecular formula is C15H17NO4. The first-order valence-corrected chi connectivity index (χ1v) is 6.82. The van der Waals surface area contributed by atoms with Crippen molar-refractivity contribution in [3.05, 3.63) is 23.8 Å². The third-order valence-electron chi connectivity index (χ3n) is 4.29. The number of Topliss-reactive ketones (excluding diaryl/α,β-unsaturated/α-hetero) is 1. The highest BCUT2D eigenvalue weighted by atomic mass is 16.5. The highest BCUT2D eigenvalue weighted by Gasteiger charge is 2.54. The van der Waals surface area contributed by atoms with Crippen molar-refractivity contribution >= 4 is 17.4 Å². The van der Waals surface area contributed by atoms with Crippen LogP contribution >= 0.6 is 0 Å². The summed E-state index contributed by atoms with van der Waals surface area (Å²) in [6.45, 7) is 0. The van der Waals surface area contributed by atoms with Crippen LogP contribution < -0.4 is 10.1 Å². The number of anilines is 1. The van der Waals surface area contributed by atoms with Crippen LogP contribution in [0.4, 0.5) is 5.69 Å². The van der Waals surface area contributed by atoms with Gasteiger partial charge in [0.15, 0.2) is 5.60 Å². The zero-order valence-corrected chi connectivity index (χ0v) is 11.3. The van der Waals surface area contributed by atoms with E-state index in [4.69, 9.17) is 4.74 Å². The summed E-state index contributed by atoms with van der Waals surface area (Å²) in [4.78, 5) is 24.4. The highest BCUT2D eigenvalue weighted by molar-refractivity contribution is 6.08. The molecule has 0 bridgehead atoms. The Hall–Kier alpha value is -1.88. The molecule has 1 aliphatic heterocycles. The van der Waals surface area contributed by atoms with Crippen molar-refractivity contribution in [2.45, 2.75) is 31.3 Å². The van der Waals surface area contributed by atoms with Crippen LogP contribution in [-0.4, -0.2) is 23.9 Å². The van der Waals surface area contributed by atoms with E-state index in [1.165, 1.54) is 7.11 Å². The quantitative estimate of drug-likeness (QED) is 0.859. The number of benzene rings is 1. The molecule has 2 aliphatic rings. The summed E-state index contributed by atoms with van der Waals surface area (Å²) in [5.41, 5.74) is -0.764. The van der Waals surface area contributed by atoms with Crippen molar-refractivity contribution < 1.29 is 19.4 Å². The van der Waals surface area contributed by atoms with Crippen molar-refractivity contribution in [1.29, 1.82) is 0 Å². The maximum atomic E-state index is 12.2. The average molecular weight is 275 g/mol. The summed E-state index contributed by atoms with van der Waals surface area (Å²) in [7, 11) is 1.52. The van der Waals surface area contributed by atoms with Gasteiger partial charge >= 0.3 is 0 Å². The largest absolute Gasteiger partial charge is 0.497 e. The van der Waals surface area contributed by atoms with Gasteiger partial charge in [-0.25, -0.2) is 0 Å². The van der Waals surface area contributed by atoms with Gasteiger partial charge in [0.1, 0.15) is 11.5 Å². The fourth-order valence-electron chi connectivity index (χ4n) is 3.19. The second-order valence-corrected chi connectivity index (χ2v) is 5.40. The maximum Gasteiger partial charge on any atom is 0.261 e. The van der Waals surface area contributed by atoms with Crippen molar-refractivity contribution in [2.24, 2.45) is 5.92 Å². The fourth-order valence-corrected chi connectivity index (χ4v) is 3.19. The van der Waals surface area contributed by atoms with E-state index in [-0.39, 0.29) is 5.78 Å². The van der Waals surface area contributed by atoms with E-state index in [9.17, 15) is 14.7 Å². The maximum absolute atomic E-state index is 12.2. The van der Waals surface area contributed by atoms with Gasteiger partial charge in [0, 0.05) is 17.7 Å². The summed E-state index contributed by atoms with van der Waals surface area (Å²) < 4.78 is 5.15. The van der Waals surface area contributed by atoms with E-state index >= 15 is 0 Å². The number of methoxy groups -OCH3 is 1. The van der Waals surface area contributed by atoms with Crippen LogP contribution in [0.2, 0.25) is 0 Å². The van der Waals surface area contributed by atoms with Crippen LogP contribution in [0.15, 0.2) is 18.2 Å². The first kappa shape index (κ1) is 13.1. The number of ether oxygens (including phenoxy) is 1. The fraction of sp³-hybridized carbons (Fsp3) is 0.467. The predicted molar refractivity (Wildman–Crippen MR) is 72.5 cm³/mol. The van der Waals surface area contributed by atoms with Crippen LogP contribution in [0.5, 0.6) is 5.75 Å². The van der Waals surface area contributed by atoms with Crippen LogP contribution in [0.1, 0.15) is 31.2 Å². The second-order valence-electron chi connectivity index (χ2n) is 5.40. The lowest BCUT2D eigenvalue weighted by Crippen LogP contribution is -2.46. The Morgan fingerprint density at radius 1 is 1.35 bits per heavy atom. The van der Waals surface area contributed by atoms with Gasteiger partial charge in [-0.15, -0.1) is 0 Å². The van der Waals surface area contributed by atoms with Crippen molar-refractivity contribution in [2.75, 3.05) is 12.4 Å². The molecule has 0 aromatic heterocycles. The molecule has 0 unspecified atom stereocenters. The van der Waals surface area contributed by atoms with E-state index < -0.39 is 17.4 Å². The average Bonchev–Trinajstić information content (AvgIpc) is 2.71. The van der Waals surface area contributed by atoms with E-state index in [2.05, 4.69) is 5.32 Å². The first-order chi connectivity index (χ1) is 9.57. The minimum absolute atomic E-state index is 0.0374. The molecule has 1 aliphatic carbocycles. The second kappa shape index (κ2) is 4.59. The van der Waals surface area contributed by atoms with Gasteiger partial charge in [-0.3, -0.25) is 9.59 Å². The van der Waals surface area contributed by atoms with E-state index in [1.807, 2.05) is 0 Å².